The second-order valence-electron chi connectivity index (χ2n) is 5.67. The smallest absolute Gasteiger partial charge is 0.269 e. The van der Waals surface area contributed by atoms with Crippen LogP contribution in [0.4, 0.5) is 5.69 Å². The van der Waals surface area contributed by atoms with E-state index in [1.165, 1.54) is 19.2 Å². The van der Waals surface area contributed by atoms with Gasteiger partial charge >= 0.3 is 0 Å². The largest absolute Gasteiger partial charge is 0.497 e. The van der Waals surface area contributed by atoms with Gasteiger partial charge < -0.3 is 4.74 Å². The number of non-ortho nitro benzene ring substituents is 1. The van der Waals surface area contributed by atoms with Gasteiger partial charge in [0.05, 0.1) is 17.3 Å². The molecule has 2 unspecified atom stereocenters. The third kappa shape index (κ3) is 3.15. The summed E-state index contributed by atoms with van der Waals surface area (Å²) in [6.07, 6.45) is 0. The van der Waals surface area contributed by atoms with Crippen LogP contribution in [0.1, 0.15) is 18.4 Å². The highest BCUT2D eigenvalue weighted by atomic mass is 32.2. The quantitative estimate of drug-likeness (QED) is 0.472. The van der Waals surface area contributed by atoms with E-state index in [4.69, 9.17) is 4.74 Å². The SMILES string of the molecule is COc1ccc(-c2ccc([N+](=O)[O-])cc2)c(C2C(=O)SC(C)C2=O)c1. The molecule has 0 aromatic heterocycles. The number of hydrogen-bond acceptors (Lipinski definition) is 6. The number of thioether (sulfide) groups is 1. The summed E-state index contributed by atoms with van der Waals surface area (Å²) in [5.74, 6) is -0.433. The van der Waals surface area contributed by atoms with Crippen LogP contribution in [0.5, 0.6) is 5.75 Å². The number of carbonyl (C=O) groups excluding carboxylic acids is 2. The lowest BCUT2D eigenvalue weighted by Gasteiger charge is -2.15. The van der Waals surface area contributed by atoms with E-state index in [9.17, 15) is 19.7 Å². The predicted octanol–water partition coefficient (Wildman–Crippen LogP) is 3.59. The number of Topliss-reactive ketones (excluding diaryl/α,β-unsaturated/α-hetero) is 1. The molecular weight excluding hydrogens is 342 g/mol. The molecule has 3 rings (SSSR count). The van der Waals surface area contributed by atoms with Crippen molar-refractivity contribution < 1.29 is 19.2 Å². The van der Waals surface area contributed by atoms with Crippen molar-refractivity contribution in [1.29, 1.82) is 0 Å². The number of nitro benzene ring substituents is 1. The van der Waals surface area contributed by atoms with Crippen molar-refractivity contribution in [3.05, 3.63) is 58.1 Å². The van der Waals surface area contributed by atoms with Crippen LogP contribution in [0.3, 0.4) is 0 Å². The topological polar surface area (TPSA) is 86.5 Å². The summed E-state index contributed by atoms with van der Waals surface area (Å²) in [4.78, 5) is 35.2. The van der Waals surface area contributed by atoms with Gasteiger partial charge in [-0.1, -0.05) is 17.8 Å². The van der Waals surface area contributed by atoms with Crippen molar-refractivity contribution in [3.63, 3.8) is 0 Å². The number of carbonyl (C=O) groups is 2. The summed E-state index contributed by atoms with van der Waals surface area (Å²) in [7, 11) is 1.51. The van der Waals surface area contributed by atoms with E-state index in [0.29, 0.717) is 22.4 Å². The van der Waals surface area contributed by atoms with Gasteiger partial charge in [-0.2, -0.15) is 0 Å². The molecule has 1 aliphatic heterocycles. The van der Waals surface area contributed by atoms with Crippen LogP contribution in [-0.2, 0) is 9.59 Å². The number of methoxy groups -OCH3 is 1. The van der Waals surface area contributed by atoms with Crippen molar-refractivity contribution in [3.8, 4) is 16.9 Å². The second kappa shape index (κ2) is 6.68. The standard InChI is InChI=1S/C18H15NO5S/c1-10-17(20)16(18(21)25-10)15-9-13(24-2)7-8-14(15)11-3-5-12(6-4-11)19(22)23/h3-10,16H,1-2H3. The van der Waals surface area contributed by atoms with Gasteiger partial charge in [-0.05, 0) is 47.9 Å². The van der Waals surface area contributed by atoms with Crippen LogP contribution in [-0.4, -0.2) is 28.2 Å². The third-order valence-electron chi connectivity index (χ3n) is 4.17. The maximum atomic E-state index is 12.5. The first kappa shape index (κ1) is 17.2. The molecule has 0 radical (unpaired) electrons. The van der Waals surface area contributed by atoms with E-state index in [2.05, 4.69) is 0 Å². The highest BCUT2D eigenvalue weighted by Crippen LogP contribution is 2.41. The molecule has 0 N–H and O–H groups in total. The highest BCUT2D eigenvalue weighted by Gasteiger charge is 2.41. The fourth-order valence-corrected chi connectivity index (χ4v) is 3.84. The highest BCUT2D eigenvalue weighted by molar-refractivity contribution is 8.15. The van der Waals surface area contributed by atoms with E-state index in [0.717, 1.165) is 11.8 Å². The van der Waals surface area contributed by atoms with Gasteiger partial charge in [0.25, 0.3) is 5.69 Å². The average Bonchev–Trinajstić information content (AvgIpc) is 2.86. The molecule has 0 saturated carbocycles. The van der Waals surface area contributed by atoms with Gasteiger partial charge in [0.15, 0.2) is 5.78 Å². The van der Waals surface area contributed by atoms with Crippen molar-refractivity contribution in [2.45, 2.75) is 18.1 Å². The molecule has 1 fully saturated rings. The monoisotopic (exact) mass is 357 g/mol. The Balaban J connectivity index is 2.12. The molecule has 25 heavy (non-hydrogen) atoms. The Morgan fingerprint density at radius 2 is 1.80 bits per heavy atom. The first-order valence-electron chi connectivity index (χ1n) is 7.59. The Morgan fingerprint density at radius 3 is 2.32 bits per heavy atom. The van der Waals surface area contributed by atoms with Crippen molar-refractivity contribution in [2.75, 3.05) is 7.11 Å². The van der Waals surface area contributed by atoms with E-state index < -0.39 is 10.8 Å². The number of ketones is 1. The van der Waals surface area contributed by atoms with E-state index in [1.807, 2.05) is 0 Å². The van der Waals surface area contributed by atoms with Gasteiger partial charge in [-0.15, -0.1) is 0 Å². The van der Waals surface area contributed by atoms with Gasteiger partial charge in [0.1, 0.15) is 11.7 Å². The Bertz CT molecular complexity index is 862. The molecule has 0 amide bonds. The number of rotatable bonds is 4. The lowest BCUT2D eigenvalue weighted by atomic mass is 9.87. The fraction of sp³-hybridized carbons (Fsp3) is 0.222. The minimum absolute atomic E-state index is 0.0176. The number of ether oxygens (including phenoxy) is 1. The van der Waals surface area contributed by atoms with Crippen molar-refractivity contribution >= 4 is 28.3 Å². The zero-order valence-electron chi connectivity index (χ0n) is 13.6. The number of nitrogens with zero attached hydrogens (tertiary/aromatic N) is 1. The lowest BCUT2D eigenvalue weighted by Crippen LogP contribution is -2.17. The molecule has 1 saturated heterocycles. The normalized spacial score (nSPS) is 19.9. The molecule has 0 spiro atoms. The molecule has 0 aliphatic carbocycles. The molecule has 128 valence electrons. The van der Waals surface area contributed by atoms with Crippen LogP contribution in [0.2, 0.25) is 0 Å². The summed E-state index contributed by atoms with van der Waals surface area (Å²) < 4.78 is 5.23. The Labute approximate surface area is 148 Å². The molecule has 7 heteroatoms. The second-order valence-corrected chi connectivity index (χ2v) is 7.02. The minimum atomic E-state index is -0.847. The summed E-state index contributed by atoms with van der Waals surface area (Å²) in [5, 5.41) is 10.3. The average molecular weight is 357 g/mol. The van der Waals surface area contributed by atoms with Gasteiger partial charge in [-0.3, -0.25) is 19.7 Å². The Hall–Kier alpha value is -2.67. The Morgan fingerprint density at radius 1 is 1.12 bits per heavy atom. The molecule has 0 bridgehead atoms. The van der Waals surface area contributed by atoms with E-state index >= 15 is 0 Å². The molecular formula is C18H15NO5S. The molecule has 6 nitrogen and oxygen atoms in total. The van der Waals surface area contributed by atoms with Crippen LogP contribution < -0.4 is 4.74 Å². The molecule has 1 heterocycles. The van der Waals surface area contributed by atoms with Crippen LogP contribution in [0.15, 0.2) is 42.5 Å². The molecule has 1 aliphatic rings. The zero-order valence-corrected chi connectivity index (χ0v) is 14.4. The first-order valence-corrected chi connectivity index (χ1v) is 8.47. The summed E-state index contributed by atoms with van der Waals surface area (Å²) in [6.45, 7) is 1.72. The van der Waals surface area contributed by atoms with E-state index in [1.54, 1.807) is 37.3 Å². The maximum absolute atomic E-state index is 12.5. The summed E-state index contributed by atoms with van der Waals surface area (Å²) in [5.41, 5.74) is 1.95. The van der Waals surface area contributed by atoms with E-state index in [-0.39, 0.29) is 21.8 Å². The maximum Gasteiger partial charge on any atom is 0.269 e. The number of nitro groups is 1. The van der Waals surface area contributed by atoms with Crippen molar-refractivity contribution in [1.82, 2.24) is 0 Å². The number of hydrogen-bond donors (Lipinski definition) is 0. The summed E-state index contributed by atoms with van der Waals surface area (Å²) >= 11 is 1.04. The van der Waals surface area contributed by atoms with Crippen LogP contribution in [0.25, 0.3) is 11.1 Å². The predicted molar refractivity (Wildman–Crippen MR) is 94.9 cm³/mol. The third-order valence-corrected chi connectivity index (χ3v) is 5.23. The van der Waals surface area contributed by atoms with Crippen molar-refractivity contribution in [2.24, 2.45) is 0 Å². The zero-order chi connectivity index (χ0) is 18.1. The van der Waals surface area contributed by atoms with Gasteiger partial charge in [-0.25, -0.2) is 0 Å². The van der Waals surface area contributed by atoms with Gasteiger partial charge in [0.2, 0.25) is 5.12 Å². The molecule has 2 aromatic carbocycles. The van der Waals surface area contributed by atoms with Gasteiger partial charge in [0, 0.05) is 12.1 Å². The van der Waals surface area contributed by atoms with Crippen LogP contribution >= 0.6 is 11.8 Å². The summed E-state index contributed by atoms with van der Waals surface area (Å²) in [6, 6.07) is 11.2. The first-order chi connectivity index (χ1) is 11.9. The lowest BCUT2D eigenvalue weighted by molar-refractivity contribution is -0.384. The molecule has 2 aromatic rings. The Kier molecular flexibility index (Phi) is 4.59. The van der Waals surface area contributed by atoms with Crippen LogP contribution in [0, 0.1) is 10.1 Å². The fourth-order valence-electron chi connectivity index (χ4n) is 2.86. The number of benzene rings is 2. The molecule has 2 atom stereocenters. The minimum Gasteiger partial charge on any atom is -0.497 e.